The maximum atomic E-state index is 12.7. The van der Waals surface area contributed by atoms with Gasteiger partial charge in [-0.1, -0.05) is 0 Å². The van der Waals surface area contributed by atoms with Gasteiger partial charge in [0.15, 0.2) is 0 Å². The molecule has 3 heterocycles. The molecule has 3 rings (SSSR count). The number of amides is 1. The Bertz CT molecular complexity index is 1090. The van der Waals surface area contributed by atoms with Gasteiger partial charge in [-0.2, -0.15) is 8.78 Å². The summed E-state index contributed by atoms with van der Waals surface area (Å²) in [7, 11) is -3.92. The number of aromatic nitrogens is 4. The fourth-order valence-corrected chi connectivity index (χ4v) is 4.56. The third kappa shape index (κ3) is 5.08. The van der Waals surface area contributed by atoms with Crippen LogP contribution in [0.3, 0.4) is 0 Å². The normalized spacial score (nSPS) is 11.7. The lowest BCUT2D eigenvalue weighted by atomic mass is 10.4. The third-order valence-electron chi connectivity index (χ3n) is 3.55. The van der Waals surface area contributed by atoms with Crippen LogP contribution in [0, 0.1) is 0 Å². The Hall–Kier alpha value is -3.00. The van der Waals surface area contributed by atoms with Crippen molar-refractivity contribution in [3.8, 4) is 10.8 Å². The summed E-state index contributed by atoms with van der Waals surface area (Å²) in [6, 6.07) is 3.10. The van der Waals surface area contributed by atoms with Gasteiger partial charge in [-0.25, -0.2) is 13.4 Å². The van der Waals surface area contributed by atoms with Gasteiger partial charge >= 0.3 is 6.43 Å². The Morgan fingerprint density at radius 3 is 2.72 bits per heavy atom. The van der Waals surface area contributed by atoms with Crippen molar-refractivity contribution in [2.24, 2.45) is 5.73 Å². The van der Waals surface area contributed by atoms with Gasteiger partial charge in [-0.3, -0.25) is 14.1 Å². The van der Waals surface area contributed by atoms with Crippen LogP contribution in [0.2, 0.25) is 0 Å². The minimum Gasteiger partial charge on any atom is -0.414 e. The summed E-state index contributed by atoms with van der Waals surface area (Å²) in [5, 5.41) is 7.12. The van der Waals surface area contributed by atoms with E-state index < -0.39 is 34.0 Å². The quantitative estimate of drug-likeness (QED) is 0.525. The molecule has 0 saturated carbocycles. The second-order valence-corrected chi connectivity index (χ2v) is 8.74. The molecular weight excluding hydrogens is 430 g/mol. The Morgan fingerprint density at radius 1 is 1.31 bits per heavy atom. The van der Waals surface area contributed by atoms with Gasteiger partial charge in [-0.15, -0.1) is 21.5 Å². The number of hydrogen-bond donors (Lipinski definition) is 1. The van der Waals surface area contributed by atoms with Crippen LogP contribution in [0.25, 0.3) is 10.8 Å². The van der Waals surface area contributed by atoms with Crippen LogP contribution in [0.15, 0.2) is 35.1 Å². The van der Waals surface area contributed by atoms with E-state index in [4.69, 9.17) is 10.2 Å². The monoisotopic (exact) mass is 444 g/mol. The smallest absolute Gasteiger partial charge is 0.314 e. The zero-order valence-corrected chi connectivity index (χ0v) is 16.2. The van der Waals surface area contributed by atoms with Gasteiger partial charge in [-0.05, 0) is 12.1 Å². The predicted molar refractivity (Wildman–Crippen MR) is 98.4 cm³/mol. The Labute approximate surface area is 167 Å². The molecule has 10 nitrogen and oxygen atoms in total. The van der Waals surface area contributed by atoms with Gasteiger partial charge in [0.2, 0.25) is 15.9 Å². The lowest BCUT2D eigenvalue weighted by molar-refractivity contribution is -0.117. The van der Waals surface area contributed by atoms with Gasteiger partial charge in [0.05, 0.1) is 30.4 Å². The van der Waals surface area contributed by atoms with E-state index in [0.29, 0.717) is 9.88 Å². The minimum atomic E-state index is -3.92. The molecule has 0 aromatic carbocycles. The van der Waals surface area contributed by atoms with Crippen LogP contribution < -0.4 is 10.0 Å². The number of carbonyl (C=O) groups is 1. The number of nitrogens with zero attached hydrogens (tertiary/aromatic N) is 5. The van der Waals surface area contributed by atoms with Crippen LogP contribution in [0.5, 0.6) is 0 Å². The second-order valence-electron chi connectivity index (χ2n) is 5.61. The minimum absolute atomic E-state index is 0.145. The van der Waals surface area contributed by atoms with E-state index >= 15 is 0 Å². The summed E-state index contributed by atoms with van der Waals surface area (Å²) in [6.07, 6.45) is 0.902. The number of nitrogens with two attached hydrogens (primary N) is 1. The Balaban J connectivity index is 1.86. The first-order chi connectivity index (χ1) is 13.8. The predicted octanol–water partition coefficient (Wildman–Crippen LogP) is 1.74. The van der Waals surface area contributed by atoms with E-state index in [1.807, 2.05) is 0 Å². The molecule has 0 unspecified atom stereocenters. The number of alkyl halides is 2. The summed E-state index contributed by atoms with van der Waals surface area (Å²) in [4.78, 5) is 19.3. The van der Waals surface area contributed by atoms with Crippen molar-refractivity contribution in [1.29, 1.82) is 0 Å². The molecule has 29 heavy (non-hydrogen) atoms. The largest absolute Gasteiger partial charge is 0.414 e. The zero-order valence-electron chi connectivity index (χ0n) is 14.6. The number of rotatable bonds is 9. The number of thiazole rings is 1. The summed E-state index contributed by atoms with van der Waals surface area (Å²) in [5.41, 5.74) is 5.33. The van der Waals surface area contributed by atoms with Crippen molar-refractivity contribution < 1.29 is 26.4 Å². The SMILES string of the molecule is NC(=O)CCS(=O)(=O)N(Cc1ncc(-c2nnc(C(F)F)o2)s1)c1cccnc1. The van der Waals surface area contributed by atoms with E-state index in [1.54, 1.807) is 6.07 Å². The van der Waals surface area contributed by atoms with E-state index in [0.717, 1.165) is 15.6 Å². The van der Waals surface area contributed by atoms with Gasteiger partial charge < -0.3 is 10.2 Å². The van der Waals surface area contributed by atoms with Crippen LogP contribution in [-0.2, 0) is 21.4 Å². The van der Waals surface area contributed by atoms with Crippen molar-refractivity contribution in [3.05, 3.63) is 41.6 Å². The van der Waals surface area contributed by atoms with E-state index in [1.165, 1.54) is 24.7 Å². The number of primary amides is 1. The number of pyridine rings is 1. The fourth-order valence-electron chi connectivity index (χ4n) is 2.22. The molecule has 154 valence electrons. The van der Waals surface area contributed by atoms with E-state index in [2.05, 4.69) is 20.2 Å². The molecular formula is C15H14F2N6O4S2. The van der Waals surface area contributed by atoms with Crippen molar-refractivity contribution in [1.82, 2.24) is 20.2 Å². The Kier molecular flexibility index (Phi) is 6.12. The molecule has 0 spiro atoms. The molecule has 0 fully saturated rings. The highest BCUT2D eigenvalue weighted by molar-refractivity contribution is 7.92. The fraction of sp³-hybridized carbons (Fsp3) is 0.267. The van der Waals surface area contributed by atoms with E-state index in [-0.39, 0.29) is 24.5 Å². The second kappa shape index (κ2) is 8.57. The lowest BCUT2D eigenvalue weighted by Gasteiger charge is -2.22. The highest BCUT2D eigenvalue weighted by Gasteiger charge is 2.25. The number of sulfonamides is 1. The molecule has 0 aliphatic rings. The van der Waals surface area contributed by atoms with E-state index in [9.17, 15) is 22.0 Å². The van der Waals surface area contributed by atoms with Crippen LogP contribution in [0.1, 0.15) is 23.7 Å². The molecule has 0 atom stereocenters. The maximum Gasteiger partial charge on any atom is 0.314 e. The van der Waals surface area contributed by atoms with Crippen molar-refractivity contribution in [3.63, 3.8) is 0 Å². The highest BCUT2D eigenvalue weighted by atomic mass is 32.2. The molecule has 0 saturated heterocycles. The van der Waals surface area contributed by atoms with Crippen molar-refractivity contribution in [2.75, 3.05) is 10.1 Å². The molecule has 2 N–H and O–H groups in total. The topological polar surface area (TPSA) is 145 Å². The summed E-state index contributed by atoms with van der Waals surface area (Å²) in [5.74, 6) is -2.20. The number of carbonyl (C=O) groups excluding carboxylic acids is 1. The average Bonchev–Trinajstić information content (AvgIpc) is 3.34. The molecule has 3 aromatic rings. The molecule has 0 radical (unpaired) electrons. The molecule has 14 heteroatoms. The van der Waals surface area contributed by atoms with Crippen LogP contribution >= 0.6 is 11.3 Å². The molecule has 3 aromatic heterocycles. The van der Waals surface area contributed by atoms with Gasteiger partial charge in [0.1, 0.15) is 9.88 Å². The van der Waals surface area contributed by atoms with Crippen molar-refractivity contribution in [2.45, 2.75) is 19.4 Å². The highest BCUT2D eigenvalue weighted by Crippen LogP contribution is 2.29. The molecule has 0 aliphatic heterocycles. The molecule has 1 amide bonds. The average molecular weight is 444 g/mol. The summed E-state index contributed by atoms with van der Waals surface area (Å²) >= 11 is 1.00. The number of halogens is 2. The summed E-state index contributed by atoms with van der Waals surface area (Å²) < 4.78 is 56.6. The van der Waals surface area contributed by atoms with Gasteiger partial charge in [0.25, 0.3) is 11.8 Å². The first-order valence-corrected chi connectivity index (χ1v) is 10.4. The van der Waals surface area contributed by atoms with Gasteiger partial charge in [0, 0.05) is 12.6 Å². The summed E-state index contributed by atoms with van der Waals surface area (Å²) in [6.45, 7) is -0.173. The standard InChI is InChI=1S/C15H14F2N6O4S2/c16-13(17)15-22-21-14(27-15)10-7-20-12(28-10)8-23(9-2-1-4-19-6-9)29(25,26)5-3-11(18)24/h1-2,4,6-7,13H,3,5,8H2,(H2,18,24). The van der Waals surface area contributed by atoms with Crippen LogP contribution in [0.4, 0.5) is 14.5 Å². The maximum absolute atomic E-state index is 12.7. The first kappa shape index (κ1) is 20.7. The first-order valence-electron chi connectivity index (χ1n) is 8.01. The molecule has 0 aliphatic carbocycles. The number of anilines is 1. The van der Waals surface area contributed by atoms with Crippen LogP contribution in [-0.4, -0.2) is 40.2 Å². The van der Waals surface area contributed by atoms with Crippen molar-refractivity contribution >= 4 is 33.0 Å². The molecule has 0 bridgehead atoms. The number of hydrogen-bond acceptors (Lipinski definition) is 9. The lowest BCUT2D eigenvalue weighted by Crippen LogP contribution is -2.34. The third-order valence-corrected chi connectivity index (χ3v) is 6.25. The zero-order chi connectivity index (χ0) is 21.0. The Morgan fingerprint density at radius 2 is 2.10 bits per heavy atom.